The number of aromatic nitrogens is 1. The standard InChI is InChI=1S/C15H20N4O2/c1-9-5-6-10(16)11(7-9)17-14(20)18-13-8-12(21-19-13)15(2,3)4/h5-8H,16H2,1-4H3,(H2,17,18,19,20). The summed E-state index contributed by atoms with van der Waals surface area (Å²) in [5.74, 6) is 1.07. The van der Waals surface area contributed by atoms with Crippen molar-refractivity contribution < 1.29 is 9.32 Å². The molecular weight excluding hydrogens is 268 g/mol. The maximum Gasteiger partial charge on any atom is 0.325 e. The molecule has 6 nitrogen and oxygen atoms in total. The van der Waals surface area contributed by atoms with E-state index in [0.717, 1.165) is 5.56 Å². The van der Waals surface area contributed by atoms with Crippen molar-refractivity contribution in [1.29, 1.82) is 0 Å². The number of nitrogens with zero attached hydrogens (tertiary/aromatic N) is 1. The number of rotatable bonds is 2. The van der Waals surface area contributed by atoms with E-state index in [1.807, 2.05) is 33.8 Å². The lowest BCUT2D eigenvalue weighted by Crippen LogP contribution is -2.20. The maximum atomic E-state index is 11.9. The fraction of sp³-hybridized carbons (Fsp3) is 0.333. The highest BCUT2D eigenvalue weighted by Crippen LogP contribution is 2.24. The molecule has 2 amide bonds. The van der Waals surface area contributed by atoms with Gasteiger partial charge in [0.05, 0.1) is 11.4 Å². The average Bonchev–Trinajstić information content (AvgIpc) is 2.82. The van der Waals surface area contributed by atoms with Crippen LogP contribution in [0.4, 0.5) is 22.0 Å². The predicted molar refractivity (Wildman–Crippen MR) is 83.4 cm³/mol. The number of nitrogens with two attached hydrogens (primary N) is 1. The topological polar surface area (TPSA) is 93.2 Å². The minimum absolute atomic E-state index is 0.162. The van der Waals surface area contributed by atoms with Crippen molar-refractivity contribution in [2.75, 3.05) is 16.4 Å². The van der Waals surface area contributed by atoms with Crippen molar-refractivity contribution >= 4 is 23.2 Å². The van der Waals surface area contributed by atoms with E-state index in [0.29, 0.717) is 23.0 Å². The molecule has 0 saturated carbocycles. The third-order valence-corrected chi connectivity index (χ3v) is 2.95. The van der Waals surface area contributed by atoms with Gasteiger partial charge in [0.25, 0.3) is 0 Å². The summed E-state index contributed by atoms with van der Waals surface area (Å²) in [4.78, 5) is 11.9. The Balaban J connectivity index is 2.05. The molecule has 21 heavy (non-hydrogen) atoms. The van der Waals surface area contributed by atoms with Gasteiger partial charge in [0.2, 0.25) is 0 Å². The highest BCUT2D eigenvalue weighted by atomic mass is 16.5. The lowest BCUT2D eigenvalue weighted by Gasteiger charge is -2.12. The molecule has 6 heteroatoms. The minimum atomic E-state index is -0.416. The molecule has 2 aromatic rings. The number of aryl methyl sites for hydroxylation is 1. The van der Waals surface area contributed by atoms with E-state index in [1.54, 1.807) is 18.2 Å². The fourth-order valence-corrected chi connectivity index (χ4v) is 1.74. The van der Waals surface area contributed by atoms with E-state index < -0.39 is 6.03 Å². The molecule has 4 N–H and O–H groups in total. The molecule has 0 saturated heterocycles. The fourth-order valence-electron chi connectivity index (χ4n) is 1.74. The lowest BCUT2D eigenvalue weighted by molar-refractivity contribution is 0.262. The minimum Gasteiger partial charge on any atom is -0.397 e. The number of anilines is 3. The molecule has 1 aromatic carbocycles. The van der Waals surface area contributed by atoms with Crippen LogP contribution in [0.5, 0.6) is 0 Å². The molecule has 0 atom stereocenters. The quantitative estimate of drug-likeness (QED) is 0.737. The molecule has 0 unspecified atom stereocenters. The van der Waals surface area contributed by atoms with Crippen LogP contribution >= 0.6 is 0 Å². The highest BCUT2D eigenvalue weighted by Gasteiger charge is 2.20. The number of carbonyl (C=O) groups excluding carboxylic acids is 1. The first kappa shape index (κ1) is 14.9. The number of hydrogen-bond donors (Lipinski definition) is 3. The molecule has 0 aliphatic rings. The summed E-state index contributed by atoms with van der Waals surface area (Å²) in [5, 5.41) is 9.14. The third kappa shape index (κ3) is 3.75. The first-order chi connectivity index (χ1) is 9.75. The van der Waals surface area contributed by atoms with Crippen molar-refractivity contribution in [3.8, 4) is 0 Å². The van der Waals surface area contributed by atoms with Crippen molar-refractivity contribution in [2.45, 2.75) is 33.1 Å². The number of benzene rings is 1. The second-order valence-electron chi connectivity index (χ2n) is 6.00. The van der Waals surface area contributed by atoms with Gasteiger partial charge in [-0.15, -0.1) is 0 Å². The Morgan fingerprint density at radius 3 is 2.57 bits per heavy atom. The van der Waals surface area contributed by atoms with Gasteiger partial charge in [-0.05, 0) is 24.6 Å². The van der Waals surface area contributed by atoms with Gasteiger partial charge in [0, 0.05) is 11.5 Å². The SMILES string of the molecule is Cc1ccc(N)c(NC(=O)Nc2cc(C(C)(C)C)on2)c1. The number of urea groups is 1. The van der Waals surface area contributed by atoms with Gasteiger partial charge in [0.15, 0.2) is 5.82 Å². The van der Waals surface area contributed by atoms with Gasteiger partial charge in [-0.2, -0.15) is 0 Å². The maximum absolute atomic E-state index is 11.9. The van der Waals surface area contributed by atoms with E-state index in [-0.39, 0.29) is 5.41 Å². The highest BCUT2D eigenvalue weighted by molar-refractivity contribution is 6.01. The van der Waals surface area contributed by atoms with Crippen LogP contribution in [-0.4, -0.2) is 11.2 Å². The molecule has 2 rings (SSSR count). The third-order valence-electron chi connectivity index (χ3n) is 2.95. The Morgan fingerprint density at radius 1 is 1.24 bits per heavy atom. The summed E-state index contributed by atoms with van der Waals surface area (Å²) >= 11 is 0. The van der Waals surface area contributed by atoms with Gasteiger partial charge in [-0.3, -0.25) is 5.32 Å². The Hall–Kier alpha value is -2.50. The molecule has 0 radical (unpaired) electrons. The van der Waals surface area contributed by atoms with Crippen LogP contribution in [0.3, 0.4) is 0 Å². The Kier molecular flexibility index (Phi) is 3.88. The number of carbonyl (C=O) groups is 1. The summed E-state index contributed by atoms with van der Waals surface area (Å²) in [6.07, 6.45) is 0. The number of nitrogens with one attached hydrogen (secondary N) is 2. The van der Waals surface area contributed by atoms with Gasteiger partial charge >= 0.3 is 6.03 Å². The van der Waals surface area contributed by atoms with Crippen LogP contribution in [0, 0.1) is 6.92 Å². The summed E-state index contributed by atoms with van der Waals surface area (Å²) in [5.41, 5.74) is 7.73. The predicted octanol–water partition coefficient (Wildman–Crippen LogP) is 3.51. The number of amides is 2. The van der Waals surface area contributed by atoms with Gasteiger partial charge in [-0.1, -0.05) is 32.0 Å². The zero-order valence-electron chi connectivity index (χ0n) is 12.7. The first-order valence-corrected chi connectivity index (χ1v) is 6.67. The van der Waals surface area contributed by atoms with E-state index in [4.69, 9.17) is 10.3 Å². The molecule has 0 spiro atoms. The average molecular weight is 288 g/mol. The van der Waals surface area contributed by atoms with E-state index in [1.165, 1.54) is 0 Å². The number of hydrogen-bond acceptors (Lipinski definition) is 4. The molecule has 112 valence electrons. The van der Waals surface area contributed by atoms with Crippen molar-refractivity contribution in [1.82, 2.24) is 5.16 Å². The Morgan fingerprint density at radius 2 is 1.95 bits per heavy atom. The zero-order valence-corrected chi connectivity index (χ0v) is 12.7. The number of nitrogen functional groups attached to an aromatic ring is 1. The summed E-state index contributed by atoms with van der Waals surface area (Å²) in [7, 11) is 0. The lowest BCUT2D eigenvalue weighted by atomic mass is 9.93. The summed E-state index contributed by atoms with van der Waals surface area (Å²) < 4.78 is 5.21. The van der Waals surface area contributed by atoms with Crippen molar-refractivity contribution in [3.05, 3.63) is 35.6 Å². The molecule has 0 bridgehead atoms. The molecular formula is C15H20N4O2. The second-order valence-corrected chi connectivity index (χ2v) is 6.00. The molecule has 0 aliphatic carbocycles. The monoisotopic (exact) mass is 288 g/mol. The van der Waals surface area contributed by atoms with E-state index in [9.17, 15) is 4.79 Å². The summed E-state index contributed by atoms with van der Waals surface area (Å²) in [6, 6.07) is 6.73. The van der Waals surface area contributed by atoms with Crippen LogP contribution in [0.1, 0.15) is 32.1 Å². The Bertz CT molecular complexity index is 656. The molecule has 0 aliphatic heterocycles. The van der Waals surface area contributed by atoms with Crippen molar-refractivity contribution in [3.63, 3.8) is 0 Å². The molecule has 1 heterocycles. The molecule has 0 fully saturated rings. The molecule has 1 aromatic heterocycles. The largest absolute Gasteiger partial charge is 0.397 e. The second kappa shape index (κ2) is 5.47. The Labute approximate surface area is 123 Å². The van der Waals surface area contributed by atoms with Crippen molar-refractivity contribution in [2.24, 2.45) is 0 Å². The van der Waals surface area contributed by atoms with Gasteiger partial charge < -0.3 is 15.6 Å². The van der Waals surface area contributed by atoms with Crippen LogP contribution in [0.15, 0.2) is 28.8 Å². The first-order valence-electron chi connectivity index (χ1n) is 6.67. The normalized spacial score (nSPS) is 11.2. The smallest absolute Gasteiger partial charge is 0.325 e. The van der Waals surface area contributed by atoms with Gasteiger partial charge in [-0.25, -0.2) is 4.79 Å². The zero-order chi connectivity index (χ0) is 15.6. The van der Waals surface area contributed by atoms with Gasteiger partial charge in [0.1, 0.15) is 5.76 Å². The summed E-state index contributed by atoms with van der Waals surface area (Å²) in [6.45, 7) is 7.94. The van der Waals surface area contributed by atoms with Crippen LogP contribution in [-0.2, 0) is 5.41 Å². The van der Waals surface area contributed by atoms with E-state index >= 15 is 0 Å². The van der Waals surface area contributed by atoms with Crippen LogP contribution in [0.25, 0.3) is 0 Å². The van der Waals surface area contributed by atoms with E-state index in [2.05, 4.69) is 15.8 Å². The van der Waals surface area contributed by atoms with Crippen LogP contribution < -0.4 is 16.4 Å². The van der Waals surface area contributed by atoms with Crippen LogP contribution in [0.2, 0.25) is 0 Å².